The van der Waals surface area contributed by atoms with Crippen molar-refractivity contribution in [2.24, 2.45) is 0 Å². The van der Waals surface area contributed by atoms with E-state index < -0.39 is 0 Å². The number of hydrogen-bond donors (Lipinski definition) is 1. The van der Waals surface area contributed by atoms with Crippen LogP contribution in [0.3, 0.4) is 0 Å². The molecule has 96 valence electrons. The van der Waals surface area contributed by atoms with Crippen LogP contribution in [0.15, 0.2) is 24.4 Å². The highest BCUT2D eigenvalue weighted by molar-refractivity contribution is 6.30. The summed E-state index contributed by atoms with van der Waals surface area (Å²) < 4.78 is 1.50. The predicted octanol–water partition coefficient (Wildman–Crippen LogP) is 1.65. The molecule has 0 unspecified atom stereocenters. The summed E-state index contributed by atoms with van der Waals surface area (Å²) >= 11 is 5.98. The van der Waals surface area contributed by atoms with Crippen LogP contribution in [0.2, 0.25) is 5.15 Å². The van der Waals surface area contributed by atoms with Gasteiger partial charge in [0.2, 0.25) is 5.95 Å². The summed E-state index contributed by atoms with van der Waals surface area (Å²) in [6.07, 6.45) is 2.28. The summed E-state index contributed by atoms with van der Waals surface area (Å²) in [5.74, 6) is 0.864. The molecule has 2 N–H and O–H groups in total. The van der Waals surface area contributed by atoms with Gasteiger partial charge in [-0.15, -0.1) is 5.10 Å². The van der Waals surface area contributed by atoms with Crippen LogP contribution in [0.25, 0.3) is 5.65 Å². The number of aryl methyl sites for hydroxylation is 1. The van der Waals surface area contributed by atoms with Crippen molar-refractivity contribution in [2.75, 3.05) is 5.73 Å². The van der Waals surface area contributed by atoms with Gasteiger partial charge in [0.1, 0.15) is 5.15 Å². The highest BCUT2D eigenvalue weighted by Gasteiger charge is 2.13. The molecule has 0 saturated carbocycles. The van der Waals surface area contributed by atoms with Crippen molar-refractivity contribution >= 4 is 23.2 Å². The van der Waals surface area contributed by atoms with Crippen molar-refractivity contribution in [1.29, 1.82) is 0 Å². The zero-order valence-corrected chi connectivity index (χ0v) is 11.0. The Morgan fingerprint density at radius 3 is 2.89 bits per heavy atom. The van der Waals surface area contributed by atoms with Crippen LogP contribution < -0.4 is 5.73 Å². The fourth-order valence-corrected chi connectivity index (χ4v) is 1.99. The average Bonchev–Trinajstić information content (AvgIpc) is 2.82. The van der Waals surface area contributed by atoms with Gasteiger partial charge in [0, 0.05) is 17.5 Å². The maximum Gasteiger partial charge on any atom is 0.224 e. The molecule has 6 nitrogen and oxygen atoms in total. The number of anilines is 1. The molecule has 3 heterocycles. The molecule has 0 fully saturated rings. The Bertz CT molecular complexity index is 737. The van der Waals surface area contributed by atoms with Crippen molar-refractivity contribution in [3.63, 3.8) is 0 Å². The van der Waals surface area contributed by atoms with Crippen molar-refractivity contribution in [2.45, 2.75) is 13.3 Å². The maximum atomic E-state index is 5.98. The number of halogens is 1. The first-order chi connectivity index (χ1) is 9.15. The van der Waals surface area contributed by atoms with Crippen molar-refractivity contribution < 1.29 is 0 Å². The Balaban J connectivity index is 2.07. The lowest BCUT2D eigenvalue weighted by atomic mass is 10.2. The van der Waals surface area contributed by atoms with E-state index >= 15 is 0 Å². The topological polar surface area (TPSA) is 82.0 Å². The SMILES string of the molecule is Cc1c(Cl)nc(N)n2nc(Cc3ccccn3)nc12. The van der Waals surface area contributed by atoms with E-state index in [4.69, 9.17) is 17.3 Å². The monoisotopic (exact) mass is 274 g/mol. The molecular formula is C12H11ClN6. The van der Waals surface area contributed by atoms with Crippen LogP contribution >= 0.6 is 11.6 Å². The molecule has 0 aromatic carbocycles. The number of aromatic nitrogens is 5. The smallest absolute Gasteiger partial charge is 0.224 e. The Kier molecular flexibility index (Phi) is 2.79. The maximum absolute atomic E-state index is 5.98. The van der Waals surface area contributed by atoms with E-state index in [1.165, 1.54) is 4.52 Å². The number of nitrogens with zero attached hydrogens (tertiary/aromatic N) is 5. The second kappa shape index (κ2) is 4.47. The molecule has 0 saturated heterocycles. The van der Waals surface area contributed by atoms with Crippen LogP contribution in [0.5, 0.6) is 0 Å². The third kappa shape index (κ3) is 2.10. The molecule has 3 aromatic rings. The number of nitrogen functional groups attached to an aromatic ring is 1. The first-order valence-electron chi connectivity index (χ1n) is 5.72. The minimum absolute atomic E-state index is 0.227. The van der Waals surface area contributed by atoms with Crippen molar-refractivity contribution in [3.05, 3.63) is 46.6 Å². The minimum atomic E-state index is 0.227. The molecular weight excluding hydrogens is 264 g/mol. The quantitative estimate of drug-likeness (QED) is 0.719. The highest BCUT2D eigenvalue weighted by Crippen LogP contribution is 2.19. The number of pyridine rings is 1. The van der Waals surface area contributed by atoms with E-state index in [1.807, 2.05) is 25.1 Å². The van der Waals surface area contributed by atoms with Gasteiger partial charge in [-0.2, -0.15) is 4.52 Å². The van der Waals surface area contributed by atoms with Gasteiger partial charge in [0.05, 0.1) is 6.42 Å². The molecule has 3 aromatic heterocycles. The summed E-state index contributed by atoms with van der Waals surface area (Å²) in [5.41, 5.74) is 8.07. The Morgan fingerprint density at radius 1 is 1.32 bits per heavy atom. The molecule has 0 aliphatic carbocycles. The van der Waals surface area contributed by atoms with Gasteiger partial charge in [0.25, 0.3) is 0 Å². The van der Waals surface area contributed by atoms with Crippen molar-refractivity contribution in [1.82, 2.24) is 24.6 Å². The molecule has 3 rings (SSSR count). The fraction of sp³-hybridized carbons (Fsp3) is 0.167. The number of hydrogen-bond acceptors (Lipinski definition) is 5. The second-order valence-electron chi connectivity index (χ2n) is 4.15. The molecule has 0 radical (unpaired) electrons. The summed E-state index contributed by atoms with van der Waals surface area (Å²) in [6.45, 7) is 1.84. The van der Waals surface area contributed by atoms with Gasteiger partial charge in [0.15, 0.2) is 11.5 Å². The molecule has 0 spiro atoms. The van der Waals surface area contributed by atoms with E-state index in [0.717, 1.165) is 11.3 Å². The van der Waals surface area contributed by atoms with Gasteiger partial charge in [-0.05, 0) is 19.1 Å². The van der Waals surface area contributed by atoms with Gasteiger partial charge < -0.3 is 5.73 Å². The van der Waals surface area contributed by atoms with Gasteiger partial charge >= 0.3 is 0 Å². The Labute approximate surface area is 114 Å². The minimum Gasteiger partial charge on any atom is -0.368 e. The Hall–Kier alpha value is -2.21. The first-order valence-corrected chi connectivity index (χ1v) is 6.10. The normalized spacial score (nSPS) is 11.1. The molecule has 0 bridgehead atoms. The largest absolute Gasteiger partial charge is 0.368 e. The molecule has 0 aliphatic rings. The van der Waals surface area contributed by atoms with Crippen molar-refractivity contribution in [3.8, 4) is 0 Å². The lowest BCUT2D eigenvalue weighted by molar-refractivity contribution is 0.876. The highest BCUT2D eigenvalue weighted by atomic mass is 35.5. The van der Waals surface area contributed by atoms with Crippen LogP contribution in [-0.2, 0) is 6.42 Å². The van der Waals surface area contributed by atoms with Gasteiger partial charge in [-0.25, -0.2) is 9.97 Å². The van der Waals surface area contributed by atoms with E-state index in [9.17, 15) is 0 Å². The molecule has 7 heteroatoms. The molecule has 0 atom stereocenters. The fourth-order valence-electron chi connectivity index (χ4n) is 1.82. The van der Waals surface area contributed by atoms with E-state index in [-0.39, 0.29) is 5.95 Å². The van der Waals surface area contributed by atoms with Crippen LogP contribution in [0, 0.1) is 6.92 Å². The summed E-state index contributed by atoms with van der Waals surface area (Å²) in [6, 6.07) is 5.72. The first kappa shape index (κ1) is 11.9. The standard InChI is InChI=1S/C12H11ClN6/c1-7-10(13)17-12(14)19-11(7)16-9(18-19)6-8-4-2-3-5-15-8/h2-5H,6H2,1H3,(H2,14,17). The molecule has 0 aliphatic heterocycles. The van der Waals surface area contributed by atoms with Gasteiger partial charge in [-0.3, -0.25) is 4.98 Å². The predicted molar refractivity (Wildman–Crippen MR) is 72.0 cm³/mol. The number of fused-ring (bicyclic) bond motifs is 1. The third-order valence-corrected chi connectivity index (χ3v) is 3.16. The third-order valence-electron chi connectivity index (χ3n) is 2.79. The zero-order valence-electron chi connectivity index (χ0n) is 10.2. The lowest BCUT2D eigenvalue weighted by Crippen LogP contribution is -2.04. The number of nitrogens with two attached hydrogens (primary N) is 1. The lowest BCUT2D eigenvalue weighted by Gasteiger charge is -2.00. The van der Waals surface area contributed by atoms with Crippen LogP contribution in [-0.4, -0.2) is 24.6 Å². The van der Waals surface area contributed by atoms with Crippen LogP contribution in [0.4, 0.5) is 5.95 Å². The summed E-state index contributed by atoms with van der Waals surface area (Å²) in [5, 5.41) is 4.68. The van der Waals surface area contributed by atoms with Crippen LogP contribution in [0.1, 0.15) is 17.1 Å². The second-order valence-corrected chi connectivity index (χ2v) is 4.51. The summed E-state index contributed by atoms with van der Waals surface area (Å²) in [4.78, 5) is 12.7. The summed E-state index contributed by atoms with van der Waals surface area (Å²) in [7, 11) is 0. The molecule has 0 amide bonds. The molecule has 19 heavy (non-hydrogen) atoms. The van der Waals surface area contributed by atoms with E-state index in [0.29, 0.717) is 23.0 Å². The van der Waals surface area contributed by atoms with Gasteiger partial charge in [-0.1, -0.05) is 17.7 Å². The van der Waals surface area contributed by atoms with E-state index in [2.05, 4.69) is 20.1 Å². The number of rotatable bonds is 2. The zero-order chi connectivity index (χ0) is 13.4. The Morgan fingerprint density at radius 2 is 2.16 bits per heavy atom. The average molecular weight is 275 g/mol. The van der Waals surface area contributed by atoms with E-state index in [1.54, 1.807) is 6.20 Å².